The average Bonchev–Trinajstić information content (AvgIpc) is 2.81. The van der Waals surface area contributed by atoms with E-state index in [9.17, 15) is 18.5 Å². The Labute approximate surface area is 160 Å². The summed E-state index contributed by atoms with van der Waals surface area (Å²) in [6, 6.07) is 15.0. The molecule has 0 N–H and O–H groups in total. The van der Waals surface area contributed by atoms with Crippen LogP contribution in [0.1, 0.15) is 39.2 Å². The van der Waals surface area contributed by atoms with E-state index in [1.165, 1.54) is 24.3 Å². The lowest BCUT2D eigenvalue weighted by molar-refractivity contribution is -0.384. The van der Waals surface area contributed by atoms with Crippen LogP contribution in [0, 0.1) is 15.5 Å². The quantitative estimate of drug-likeness (QED) is 0.581. The number of nitrogens with zero attached hydrogens (tertiary/aromatic N) is 2. The number of nitro groups is 1. The summed E-state index contributed by atoms with van der Waals surface area (Å²) < 4.78 is 28.2. The van der Waals surface area contributed by atoms with Gasteiger partial charge in [0.1, 0.15) is 0 Å². The van der Waals surface area contributed by atoms with E-state index in [2.05, 4.69) is 13.8 Å². The van der Waals surface area contributed by atoms with Crippen molar-refractivity contribution in [1.29, 1.82) is 0 Å². The first-order valence-electron chi connectivity index (χ1n) is 8.82. The highest BCUT2D eigenvalue weighted by molar-refractivity contribution is 7.89. The zero-order valence-corrected chi connectivity index (χ0v) is 16.7. The monoisotopic (exact) mass is 388 g/mol. The van der Waals surface area contributed by atoms with Gasteiger partial charge in [-0.3, -0.25) is 10.1 Å². The number of benzene rings is 2. The molecule has 1 saturated heterocycles. The van der Waals surface area contributed by atoms with Crippen molar-refractivity contribution >= 4 is 15.7 Å². The van der Waals surface area contributed by atoms with Gasteiger partial charge in [-0.05, 0) is 37.0 Å². The average molecular weight is 388 g/mol. The van der Waals surface area contributed by atoms with Crippen LogP contribution in [0.15, 0.2) is 59.5 Å². The molecular weight excluding hydrogens is 364 g/mol. The Balaban J connectivity index is 2.03. The molecule has 0 saturated carbocycles. The molecule has 1 atom stereocenters. The third-order valence-corrected chi connectivity index (χ3v) is 8.31. The van der Waals surface area contributed by atoms with E-state index in [1.807, 2.05) is 44.2 Å². The molecule has 27 heavy (non-hydrogen) atoms. The van der Waals surface area contributed by atoms with Gasteiger partial charge in [-0.1, -0.05) is 44.2 Å². The van der Waals surface area contributed by atoms with E-state index in [0.717, 1.165) is 5.56 Å². The summed E-state index contributed by atoms with van der Waals surface area (Å²) >= 11 is 0. The number of rotatable bonds is 4. The summed E-state index contributed by atoms with van der Waals surface area (Å²) in [6.45, 7) is 8.44. The highest BCUT2D eigenvalue weighted by atomic mass is 32.2. The SMILES string of the molecule is CC1(C)C(c2ccccc2)CN(S(=O)(=O)c2ccc([N+](=O)[O-])cc2)C1(C)C. The van der Waals surface area contributed by atoms with Gasteiger partial charge >= 0.3 is 0 Å². The summed E-state index contributed by atoms with van der Waals surface area (Å²) in [5, 5.41) is 10.9. The third-order valence-electron chi connectivity index (χ3n) is 6.26. The van der Waals surface area contributed by atoms with Crippen LogP contribution in [0.4, 0.5) is 5.69 Å². The Morgan fingerprint density at radius 1 is 1.00 bits per heavy atom. The second-order valence-corrected chi connectivity index (χ2v) is 9.89. The first kappa shape index (κ1) is 19.5. The Kier molecular flexibility index (Phi) is 4.64. The molecule has 0 amide bonds. The van der Waals surface area contributed by atoms with Crippen molar-refractivity contribution in [3.8, 4) is 0 Å². The molecule has 1 heterocycles. The second kappa shape index (κ2) is 6.42. The van der Waals surface area contributed by atoms with Crippen molar-refractivity contribution in [2.24, 2.45) is 5.41 Å². The van der Waals surface area contributed by atoms with Gasteiger partial charge in [0.2, 0.25) is 10.0 Å². The fourth-order valence-electron chi connectivity index (χ4n) is 3.84. The van der Waals surface area contributed by atoms with Crippen LogP contribution in [0.3, 0.4) is 0 Å². The molecule has 0 radical (unpaired) electrons. The number of hydrogen-bond acceptors (Lipinski definition) is 4. The molecule has 7 heteroatoms. The highest BCUT2D eigenvalue weighted by Gasteiger charge is 2.57. The molecule has 6 nitrogen and oxygen atoms in total. The highest BCUT2D eigenvalue weighted by Crippen LogP contribution is 2.54. The number of sulfonamides is 1. The van der Waals surface area contributed by atoms with Gasteiger partial charge in [0.15, 0.2) is 0 Å². The maximum Gasteiger partial charge on any atom is 0.269 e. The van der Waals surface area contributed by atoms with E-state index in [-0.39, 0.29) is 21.9 Å². The predicted octanol–water partition coefficient (Wildman–Crippen LogP) is 4.19. The first-order valence-corrected chi connectivity index (χ1v) is 10.3. The molecule has 1 unspecified atom stereocenters. The van der Waals surface area contributed by atoms with E-state index < -0.39 is 20.5 Å². The lowest BCUT2D eigenvalue weighted by Gasteiger charge is -2.41. The minimum atomic E-state index is -3.79. The molecule has 0 aliphatic carbocycles. The van der Waals surface area contributed by atoms with Crippen molar-refractivity contribution in [3.05, 3.63) is 70.3 Å². The molecule has 1 aliphatic heterocycles. The minimum absolute atomic E-state index is 0.0431. The zero-order valence-electron chi connectivity index (χ0n) is 15.9. The number of non-ortho nitro benzene ring substituents is 1. The van der Waals surface area contributed by atoms with Crippen LogP contribution >= 0.6 is 0 Å². The topological polar surface area (TPSA) is 80.5 Å². The van der Waals surface area contributed by atoms with E-state index >= 15 is 0 Å². The van der Waals surface area contributed by atoms with Crippen LogP contribution in [0.5, 0.6) is 0 Å². The predicted molar refractivity (Wildman–Crippen MR) is 104 cm³/mol. The van der Waals surface area contributed by atoms with Crippen LogP contribution in [0.2, 0.25) is 0 Å². The van der Waals surface area contributed by atoms with Crippen molar-refractivity contribution in [3.63, 3.8) is 0 Å². The van der Waals surface area contributed by atoms with E-state index in [4.69, 9.17) is 0 Å². The van der Waals surface area contributed by atoms with Gasteiger partial charge in [0, 0.05) is 30.1 Å². The summed E-state index contributed by atoms with van der Waals surface area (Å²) in [5.41, 5.74) is 0.0464. The third kappa shape index (κ3) is 3.04. The van der Waals surface area contributed by atoms with Gasteiger partial charge in [0.25, 0.3) is 5.69 Å². The van der Waals surface area contributed by atoms with E-state index in [1.54, 1.807) is 4.31 Å². The fraction of sp³-hybridized carbons (Fsp3) is 0.400. The van der Waals surface area contributed by atoms with Crippen LogP contribution in [0.25, 0.3) is 0 Å². The molecular formula is C20H24N2O4S. The van der Waals surface area contributed by atoms with Gasteiger partial charge in [0.05, 0.1) is 9.82 Å². The molecule has 2 aromatic rings. The Morgan fingerprint density at radius 2 is 1.56 bits per heavy atom. The number of nitro benzene ring substituents is 1. The first-order chi connectivity index (χ1) is 12.5. The summed E-state index contributed by atoms with van der Waals surface area (Å²) in [6.07, 6.45) is 0. The molecule has 0 bridgehead atoms. The number of hydrogen-bond donors (Lipinski definition) is 0. The molecule has 0 aromatic heterocycles. The van der Waals surface area contributed by atoms with Crippen molar-refractivity contribution < 1.29 is 13.3 Å². The lowest BCUT2D eigenvalue weighted by Crippen LogP contribution is -2.49. The molecule has 1 aliphatic rings. The summed E-state index contributed by atoms with van der Waals surface area (Å²) in [7, 11) is -3.79. The normalized spacial score (nSPS) is 21.9. The molecule has 2 aromatic carbocycles. The standard InChI is InChI=1S/C20H24N2O4S/c1-19(2)18(15-8-6-5-7-9-15)14-21(20(19,3)4)27(25,26)17-12-10-16(11-13-17)22(23)24/h5-13,18H,14H2,1-4H3. The maximum atomic E-state index is 13.4. The Hall–Kier alpha value is -2.25. The molecule has 144 valence electrons. The van der Waals surface area contributed by atoms with Crippen molar-refractivity contribution in [1.82, 2.24) is 4.31 Å². The van der Waals surface area contributed by atoms with Crippen LogP contribution in [-0.4, -0.2) is 29.7 Å². The van der Waals surface area contributed by atoms with E-state index in [0.29, 0.717) is 6.54 Å². The fourth-order valence-corrected chi connectivity index (χ4v) is 5.76. The van der Waals surface area contributed by atoms with Crippen LogP contribution in [-0.2, 0) is 10.0 Å². The summed E-state index contributed by atoms with van der Waals surface area (Å²) in [5.74, 6) is 0.0431. The van der Waals surface area contributed by atoms with Gasteiger partial charge in [-0.2, -0.15) is 4.31 Å². The second-order valence-electron chi connectivity index (χ2n) is 8.03. The maximum absolute atomic E-state index is 13.4. The van der Waals surface area contributed by atoms with Gasteiger partial charge in [-0.15, -0.1) is 0 Å². The minimum Gasteiger partial charge on any atom is -0.258 e. The Bertz CT molecular complexity index is 951. The molecule has 3 rings (SSSR count). The Morgan fingerprint density at radius 3 is 2.07 bits per heavy atom. The molecule has 1 fully saturated rings. The van der Waals surface area contributed by atoms with Gasteiger partial charge in [-0.25, -0.2) is 8.42 Å². The van der Waals surface area contributed by atoms with Crippen LogP contribution < -0.4 is 0 Å². The zero-order chi connectivity index (χ0) is 20.0. The summed E-state index contributed by atoms with van der Waals surface area (Å²) in [4.78, 5) is 10.4. The molecule has 0 spiro atoms. The smallest absolute Gasteiger partial charge is 0.258 e. The largest absolute Gasteiger partial charge is 0.269 e. The van der Waals surface area contributed by atoms with Crippen molar-refractivity contribution in [2.75, 3.05) is 6.54 Å². The van der Waals surface area contributed by atoms with Crippen molar-refractivity contribution in [2.45, 2.75) is 44.0 Å². The van der Waals surface area contributed by atoms with Gasteiger partial charge < -0.3 is 0 Å². The lowest BCUT2D eigenvalue weighted by atomic mass is 9.68.